The van der Waals surface area contributed by atoms with E-state index in [0.29, 0.717) is 6.54 Å². The molecule has 5 rings (SSSR count). The number of rotatable bonds is 7. The number of aliphatic hydroxyl groups excluding tert-OH is 1. The molecule has 3 aromatic carbocycles. The summed E-state index contributed by atoms with van der Waals surface area (Å²) < 4.78 is 6.03. The van der Waals surface area contributed by atoms with Gasteiger partial charge < -0.3 is 14.7 Å². The van der Waals surface area contributed by atoms with Gasteiger partial charge in [-0.05, 0) is 23.1 Å². The maximum absolute atomic E-state index is 13.9. The standard InChI is InChI=1S/C27H27NO3/c1-2-22-25(31-22)27(24(29)21-16-10-5-11-17-21)23(20-14-8-4-9-15-20)28(26(27)30)18-19-12-6-3-7-13-19/h3-17,22-25,29H,2,18H2,1H3/t22-,23+,24+,25?,27?/m0/s1. The summed E-state index contributed by atoms with van der Waals surface area (Å²) in [5, 5.41) is 11.7. The molecule has 2 unspecified atom stereocenters. The highest BCUT2D eigenvalue weighted by Crippen LogP contribution is 2.64. The lowest BCUT2D eigenvalue weighted by atomic mass is 9.60. The van der Waals surface area contributed by atoms with E-state index < -0.39 is 11.5 Å². The number of aliphatic hydroxyl groups is 1. The monoisotopic (exact) mass is 413 g/mol. The van der Waals surface area contributed by atoms with Crippen LogP contribution < -0.4 is 0 Å². The molecule has 0 radical (unpaired) electrons. The van der Waals surface area contributed by atoms with Crippen molar-refractivity contribution in [1.29, 1.82) is 0 Å². The number of hydrogen-bond acceptors (Lipinski definition) is 3. The molecule has 3 aromatic rings. The molecule has 1 N–H and O–H groups in total. The predicted octanol–water partition coefficient (Wildman–Crippen LogP) is 4.67. The molecule has 0 bridgehead atoms. The minimum absolute atomic E-state index is 0.00704. The van der Waals surface area contributed by atoms with Gasteiger partial charge in [-0.3, -0.25) is 4.79 Å². The first-order valence-corrected chi connectivity index (χ1v) is 11.0. The Morgan fingerprint density at radius 2 is 1.52 bits per heavy atom. The van der Waals surface area contributed by atoms with Crippen molar-refractivity contribution in [3.05, 3.63) is 108 Å². The number of amides is 1. The lowest BCUT2D eigenvalue weighted by Crippen LogP contribution is -2.68. The van der Waals surface area contributed by atoms with Crippen LogP contribution in [0.2, 0.25) is 0 Å². The summed E-state index contributed by atoms with van der Waals surface area (Å²) in [6.07, 6.45) is -0.425. The molecule has 2 aliphatic heterocycles. The Morgan fingerprint density at radius 1 is 0.935 bits per heavy atom. The van der Waals surface area contributed by atoms with Crippen LogP contribution in [-0.4, -0.2) is 28.1 Å². The first kappa shape index (κ1) is 20.0. The minimum atomic E-state index is -1.03. The zero-order valence-corrected chi connectivity index (χ0v) is 17.6. The molecule has 5 atom stereocenters. The van der Waals surface area contributed by atoms with Crippen molar-refractivity contribution in [3.63, 3.8) is 0 Å². The van der Waals surface area contributed by atoms with Gasteiger partial charge in [0.1, 0.15) is 11.5 Å². The van der Waals surface area contributed by atoms with E-state index >= 15 is 0 Å². The molecular weight excluding hydrogens is 386 g/mol. The van der Waals surface area contributed by atoms with Gasteiger partial charge in [-0.2, -0.15) is 0 Å². The summed E-state index contributed by atoms with van der Waals surface area (Å²) in [4.78, 5) is 15.8. The van der Waals surface area contributed by atoms with Crippen LogP contribution in [0.3, 0.4) is 0 Å². The third-order valence-electron chi connectivity index (χ3n) is 6.73. The number of carbonyl (C=O) groups excluding carboxylic acids is 1. The smallest absolute Gasteiger partial charge is 0.237 e. The highest BCUT2D eigenvalue weighted by atomic mass is 16.6. The van der Waals surface area contributed by atoms with Crippen LogP contribution in [0, 0.1) is 5.41 Å². The number of ether oxygens (including phenoxy) is 1. The lowest BCUT2D eigenvalue weighted by molar-refractivity contribution is -0.197. The minimum Gasteiger partial charge on any atom is -0.387 e. The zero-order valence-electron chi connectivity index (χ0n) is 17.6. The summed E-state index contributed by atoms with van der Waals surface area (Å²) in [7, 11) is 0. The van der Waals surface area contributed by atoms with Gasteiger partial charge in [0.25, 0.3) is 0 Å². The predicted molar refractivity (Wildman–Crippen MR) is 119 cm³/mol. The molecule has 0 aromatic heterocycles. The highest BCUT2D eigenvalue weighted by molar-refractivity contribution is 5.93. The van der Waals surface area contributed by atoms with Crippen LogP contribution in [0.1, 0.15) is 42.2 Å². The molecule has 31 heavy (non-hydrogen) atoms. The van der Waals surface area contributed by atoms with E-state index in [9.17, 15) is 9.90 Å². The molecule has 2 saturated heterocycles. The number of benzene rings is 3. The summed E-state index contributed by atoms with van der Waals surface area (Å²) in [5.74, 6) is -0.0393. The molecule has 4 nitrogen and oxygen atoms in total. The van der Waals surface area contributed by atoms with Crippen LogP contribution >= 0.6 is 0 Å². The molecule has 2 fully saturated rings. The van der Waals surface area contributed by atoms with Crippen LogP contribution in [0.5, 0.6) is 0 Å². The van der Waals surface area contributed by atoms with Gasteiger partial charge in [-0.25, -0.2) is 0 Å². The molecule has 1 amide bonds. The number of hydrogen-bond donors (Lipinski definition) is 1. The molecular formula is C27H27NO3. The van der Waals surface area contributed by atoms with E-state index in [-0.39, 0.29) is 24.2 Å². The normalized spacial score (nSPS) is 28.1. The fraction of sp³-hybridized carbons (Fsp3) is 0.296. The number of nitrogens with zero attached hydrogens (tertiary/aromatic N) is 1. The second-order valence-corrected chi connectivity index (χ2v) is 8.48. The molecule has 4 heteroatoms. The van der Waals surface area contributed by atoms with Crippen molar-refractivity contribution in [1.82, 2.24) is 4.90 Å². The first-order chi connectivity index (χ1) is 15.2. The Morgan fingerprint density at radius 3 is 2.10 bits per heavy atom. The van der Waals surface area contributed by atoms with E-state index in [1.54, 1.807) is 0 Å². The quantitative estimate of drug-likeness (QED) is 0.452. The molecule has 0 aliphatic carbocycles. The Balaban J connectivity index is 1.61. The zero-order chi connectivity index (χ0) is 21.4. The fourth-order valence-electron chi connectivity index (χ4n) is 5.19. The average molecular weight is 414 g/mol. The first-order valence-electron chi connectivity index (χ1n) is 11.0. The Labute approximate surface area is 183 Å². The van der Waals surface area contributed by atoms with E-state index in [1.165, 1.54) is 0 Å². The number of carbonyl (C=O) groups is 1. The highest BCUT2D eigenvalue weighted by Gasteiger charge is 2.74. The molecule has 0 spiro atoms. The van der Waals surface area contributed by atoms with Crippen LogP contribution in [0.25, 0.3) is 0 Å². The lowest BCUT2D eigenvalue weighted by Gasteiger charge is -2.58. The van der Waals surface area contributed by atoms with Crippen molar-refractivity contribution in [2.75, 3.05) is 0 Å². The van der Waals surface area contributed by atoms with Gasteiger partial charge in [-0.15, -0.1) is 0 Å². The maximum Gasteiger partial charge on any atom is 0.237 e. The van der Waals surface area contributed by atoms with Crippen molar-refractivity contribution in [2.24, 2.45) is 5.41 Å². The van der Waals surface area contributed by atoms with Crippen molar-refractivity contribution >= 4 is 5.91 Å². The third-order valence-corrected chi connectivity index (χ3v) is 6.73. The Kier molecular flexibility index (Phi) is 5.12. The van der Waals surface area contributed by atoms with Gasteiger partial charge in [0, 0.05) is 6.54 Å². The summed E-state index contributed by atoms with van der Waals surface area (Å²) in [6, 6.07) is 29.3. The SMILES string of the molecule is CC[C@@H]1OC1C1([C@H](O)c2ccccc2)C(=O)N(Cc2ccccc2)[C@@H]1c1ccccc1. The van der Waals surface area contributed by atoms with Crippen LogP contribution in [-0.2, 0) is 16.1 Å². The topological polar surface area (TPSA) is 53.1 Å². The molecule has 2 heterocycles. The van der Waals surface area contributed by atoms with Crippen molar-refractivity contribution < 1.29 is 14.6 Å². The second kappa shape index (κ2) is 7.95. The van der Waals surface area contributed by atoms with E-state index in [4.69, 9.17) is 4.74 Å². The van der Waals surface area contributed by atoms with Crippen molar-refractivity contribution in [2.45, 2.75) is 44.2 Å². The van der Waals surface area contributed by atoms with Gasteiger partial charge in [0.15, 0.2) is 0 Å². The van der Waals surface area contributed by atoms with Crippen LogP contribution in [0.4, 0.5) is 0 Å². The molecule has 158 valence electrons. The van der Waals surface area contributed by atoms with E-state index in [1.807, 2.05) is 95.9 Å². The van der Waals surface area contributed by atoms with Gasteiger partial charge in [-0.1, -0.05) is 97.9 Å². The summed E-state index contributed by atoms with van der Waals surface area (Å²) in [6.45, 7) is 2.57. The summed E-state index contributed by atoms with van der Waals surface area (Å²) >= 11 is 0. The second-order valence-electron chi connectivity index (χ2n) is 8.48. The Hall–Kier alpha value is -2.95. The van der Waals surface area contributed by atoms with Gasteiger partial charge in [0.2, 0.25) is 5.91 Å². The maximum atomic E-state index is 13.9. The number of likely N-dealkylation sites (tertiary alicyclic amines) is 1. The Bertz CT molecular complexity index is 1040. The van der Waals surface area contributed by atoms with Crippen molar-refractivity contribution in [3.8, 4) is 0 Å². The fourth-order valence-corrected chi connectivity index (χ4v) is 5.19. The number of epoxide rings is 1. The third kappa shape index (κ3) is 3.18. The average Bonchev–Trinajstić information content (AvgIpc) is 3.62. The van der Waals surface area contributed by atoms with Gasteiger partial charge in [0.05, 0.1) is 18.2 Å². The molecule has 2 aliphatic rings. The summed E-state index contributed by atoms with van der Waals surface area (Å²) in [5.41, 5.74) is 1.82. The molecule has 0 saturated carbocycles. The largest absolute Gasteiger partial charge is 0.387 e. The number of β-lactam (4-membered cyclic amide) rings is 1. The van der Waals surface area contributed by atoms with Gasteiger partial charge >= 0.3 is 0 Å². The van der Waals surface area contributed by atoms with Crippen LogP contribution in [0.15, 0.2) is 91.0 Å². The van der Waals surface area contributed by atoms with E-state index in [2.05, 4.69) is 6.92 Å². The van der Waals surface area contributed by atoms with E-state index in [0.717, 1.165) is 23.1 Å².